The number of nitrogens with zero attached hydrogens (tertiary/aromatic N) is 2. The van der Waals surface area contributed by atoms with Crippen molar-refractivity contribution in [2.24, 2.45) is 17.2 Å². The molecule has 0 bridgehead atoms. The number of nitrogens with one attached hydrogen (secondary N) is 3. The van der Waals surface area contributed by atoms with Crippen LogP contribution >= 0.6 is 0 Å². The minimum absolute atomic E-state index is 0.0386. The number of anilines is 1. The van der Waals surface area contributed by atoms with Crippen LogP contribution < -0.4 is 38.7 Å². The predicted octanol–water partition coefficient (Wildman–Crippen LogP) is 1.33. The van der Waals surface area contributed by atoms with Crippen LogP contribution in [0.4, 0.5) is 5.82 Å². The number of phenols is 1. The van der Waals surface area contributed by atoms with Crippen LogP contribution in [-0.4, -0.2) is 38.7 Å². The van der Waals surface area contributed by atoms with Gasteiger partial charge >= 0.3 is 0 Å². The van der Waals surface area contributed by atoms with E-state index in [1.165, 1.54) is 29.0 Å². The molecule has 0 fully saturated rings. The lowest BCUT2D eigenvalue weighted by Crippen LogP contribution is -2.39. The molecule has 0 aliphatic carbocycles. The lowest BCUT2D eigenvalue weighted by Gasteiger charge is -2.17. The maximum Gasteiger partial charge on any atom is 0.294 e. The minimum Gasteiger partial charge on any atom is -0.508 e. The van der Waals surface area contributed by atoms with E-state index in [1.54, 1.807) is 32.9 Å². The van der Waals surface area contributed by atoms with Crippen molar-refractivity contribution in [3.05, 3.63) is 81.6 Å². The predicted molar refractivity (Wildman–Crippen MR) is 157 cm³/mol. The minimum atomic E-state index is -0.614. The molecule has 216 valence electrons. The lowest BCUT2D eigenvalue weighted by molar-refractivity contribution is -0.122. The van der Waals surface area contributed by atoms with E-state index in [1.807, 2.05) is 13.8 Å². The zero-order valence-corrected chi connectivity index (χ0v) is 23.6. The second-order valence-electron chi connectivity index (χ2n) is 9.91. The molecule has 2 rings (SSSR count). The molecule has 0 aliphatic rings. The first kappa shape index (κ1) is 31.8. The maximum atomic E-state index is 13.4. The van der Waals surface area contributed by atoms with Crippen LogP contribution in [0.5, 0.6) is 5.75 Å². The van der Waals surface area contributed by atoms with E-state index in [2.05, 4.69) is 27.5 Å². The highest BCUT2D eigenvalue weighted by atomic mass is 16.3. The smallest absolute Gasteiger partial charge is 0.294 e. The van der Waals surface area contributed by atoms with Crippen molar-refractivity contribution in [2.75, 3.05) is 5.32 Å². The van der Waals surface area contributed by atoms with Crippen molar-refractivity contribution in [3.8, 4) is 5.75 Å². The Kier molecular flexibility index (Phi) is 11.2. The monoisotopic (exact) mass is 552 g/mol. The molecule has 1 aromatic carbocycles. The maximum absolute atomic E-state index is 13.4. The highest BCUT2D eigenvalue weighted by molar-refractivity contribution is 5.98. The van der Waals surface area contributed by atoms with Gasteiger partial charge in [-0.1, -0.05) is 18.7 Å². The number of nitrogens with two attached hydrogens (primary N) is 3. The molecule has 0 spiro atoms. The molecule has 2 atom stereocenters. The van der Waals surface area contributed by atoms with Crippen molar-refractivity contribution in [2.45, 2.75) is 66.0 Å². The molecule has 0 saturated heterocycles. The highest BCUT2D eigenvalue weighted by Gasteiger charge is 2.17. The van der Waals surface area contributed by atoms with Gasteiger partial charge < -0.3 is 38.3 Å². The topological polar surface area (TPSA) is 203 Å². The van der Waals surface area contributed by atoms with Gasteiger partial charge in [-0.05, 0) is 64.0 Å². The molecule has 0 radical (unpaired) electrons. The van der Waals surface area contributed by atoms with Gasteiger partial charge in [0.1, 0.15) is 12.3 Å². The largest absolute Gasteiger partial charge is 0.508 e. The van der Waals surface area contributed by atoms with Crippen molar-refractivity contribution in [3.63, 3.8) is 0 Å². The summed E-state index contributed by atoms with van der Waals surface area (Å²) in [5.41, 5.74) is 19.1. The molecule has 0 aliphatic heterocycles. The molecule has 1 heterocycles. The first-order valence-electron chi connectivity index (χ1n) is 12.8. The summed E-state index contributed by atoms with van der Waals surface area (Å²) in [4.78, 5) is 43.3. The van der Waals surface area contributed by atoms with Crippen LogP contribution in [0.3, 0.4) is 0 Å². The molecule has 0 saturated carbocycles. The zero-order valence-electron chi connectivity index (χ0n) is 23.6. The Hall–Kier alpha value is -4.42. The van der Waals surface area contributed by atoms with Crippen LogP contribution in [0.15, 0.2) is 59.2 Å². The average Bonchev–Trinajstić information content (AvgIpc) is 2.83. The third-order valence-electron chi connectivity index (χ3n) is 5.59. The molecule has 1 aromatic heterocycles. The average molecular weight is 553 g/mol. The fourth-order valence-corrected chi connectivity index (χ4v) is 3.79. The summed E-state index contributed by atoms with van der Waals surface area (Å²) in [7, 11) is 0. The van der Waals surface area contributed by atoms with E-state index in [-0.39, 0.29) is 48.0 Å². The molecule has 40 heavy (non-hydrogen) atoms. The molecular formula is C28H40N8O4. The number of hydrogen-bond acceptors (Lipinski definition) is 9. The number of phenolic OH excluding ortho intramolecular Hbond substituents is 1. The van der Waals surface area contributed by atoms with Gasteiger partial charge in [0, 0.05) is 35.5 Å². The SMILES string of the molecule is C=C(N)/C=C(\C=C(/C)c1cnc(NC(C)C)c(=O)n1CC(=O)NCc1ccc(C(C)N)c(O)c1)C(=O)NC(C)N. The van der Waals surface area contributed by atoms with Crippen LogP contribution in [-0.2, 0) is 22.7 Å². The molecule has 2 unspecified atom stereocenters. The van der Waals surface area contributed by atoms with E-state index >= 15 is 0 Å². The van der Waals surface area contributed by atoms with Gasteiger partial charge in [-0.15, -0.1) is 0 Å². The van der Waals surface area contributed by atoms with Gasteiger partial charge in [0.05, 0.1) is 18.1 Å². The number of carbonyl (C=O) groups excluding carboxylic acids is 2. The Balaban J connectivity index is 2.43. The van der Waals surface area contributed by atoms with E-state index in [9.17, 15) is 19.5 Å². The summed E-state index contributed by atoms with van der Waals surface area (Å²) in [5.74, 6) is -0.820. The number of aromatic hydroxyl groups is 1. The van der Waals surface area contributed by atoms with Crippen LogP contribution in [0.2, 0.25) is 0 Å². The Morgan fingerprint density at radius 1 is 1.18 bits per heavy atom. The normalized spacial score (nSPS) is 13.5. The van der Waals surface area contributed by atoms with Gasteiger partial charge in [-0.2, -0.15) is 0 Å². The molecule has 12 heteroatoms. The number of carbonyl (C=O) groups is 2. The Morgan fingerprint density at radius 3 is 2.40 bits per heavy atom. The number of hydrogen-bond donors (Lipinski definition) is 7. The number of amides is 2. The van der Waals surface area contributed by atoms with E-state index in [0.29, 0.717) is 22.4 Å². The van der Waals surface area contributed by atoms with Gasteiger partial charge in [-0.25, -0.2) is 4.98 Å². The number of allylic oxidation sites excluding steroid dienone is 2. The molecule has 2 aromatic rings. The van der Waals surface area contributed by atoms with Crippen molar-refractivity contribution in [1.82, 2.24) is 20.2 Å². The quantitative estimate of drug-likeness (QED) is 0.115. The molecular weight excluding hydrogens is 512 g/mol. The molecule has 10 N–H and O–H groups in total. The van der Waals surface area contributed by atoms with Gasteiger partial charge in [0.25, 0.3) is 11.5 Å². The summed E-state index contributed by atoms with van der Waals surface area (Å²) in [6.07, 6.45) is 3.73. The van der Waals surface area contributed by atoms with Gasteiger partial charge in [0.15, 0.2) is 5.82 Å². The highest BCUT2D eigenvalue weighted by Crippen LogP contribution is 2.23. The van der Waals surface area contributed by atoms with Gasteiger partial charge in [-0.3, -0.25) is 19.0 Å². The van der Waals surface area contributed by atoms with Gasteiger partial charge in [0.2, 0.25) is 5.91 Å². The summed E-state index contributed by atoms with van der Waals surface area (Å²) >= 11 is 0. The third-order valence-corrected chi connectivity index (χ3v) is 5.59. The van der Waals surface area contributed by atoms with Crippen molar-refractivity contribution < 1.29 is 14.7 Å². The first-order valence-corrected chi connectivity index (χ1v) is 12.8. The van der Waals surface area contributed by atoms with Crippen LogP contribution in [0.25, 0.3) is 5.57 Å². The Bertz CT molecular complexity index is 1370. The fraction of sp³-hybridized carbons (Fsp3) is 0.357. The third kappa shape index (κ3) is 9.10. The first-order chi connectivity index (χ1) is 18.7. The fourth-order valence-electron chi connectivity index (χ4n) is 3.79. The summed E-state index contributed by atoms with van der Waals surface area (Å²) < 4.78 is 1.27. The second kappa shape index (κ2) is 14.1. The molecule has 2 amide bonds. The van der Waals surface area contributed by atoms with E-state index in [4.69, 9.17) is 17.2 Å². The Labute approximate surface area is 234 Å². The number of aromatic nitrogens is 2. The Morgan fingerprint density at radius 2 is 1.85 bits per heavy atom. The van der Waals surface area contributed by atoms with Crippen LogP contribution in [0, 0.1) is 0 Å². The lowest BCUT2D eigenvalue weighted by atomic mass is 10.1. The number of benzene rings is 1. The van der Waals surface area contributed by atoms with Crippen molar-refractivity contribution in [1.29, 1.82) is 0 Å². The van der Waals surface area contributed by atoms with Crippen molar-refractivity contribution >= 4 is 23.2 Å². The zero-order chi connectivity index (χ0) is 30.1. The summed E-state index contributed by atoms with van der Waals surface area (Å²) in [5, 5.41) is 18.5. The van der Waals surface area contributed by atoms with E-state index < -0.39 is 23.5 Å². The standard InChI is InChI=1S/C28H40N8O4/c1-15(2)34-26-28(40)36(14-25(38)32-12-20-7-8-22(18(5)30)24(37)11-20)23(13-33-26)16(3)9-21(10-17(4)29)27(39)35-19(6)31/h7-11,13,15,18-19,37H,4,12,14,29-31H2,1-3,5-6H3,(H,32,38)(H,33,34)(H,35,39)/b16-9+,21-10+. The summed E-state index contributed by atoms with van der Waals surface area (Å²) in [6, 6.07) is 4.57. The van der Waals surface area contributed by atoms with E-state index in [0.717, 1.165) is 0 Å². The summed E-state index contributed by atoms with van der Waals surface area (Å²) in [6.45, 7) is 12.2. The van der Waals surface area contributed by atoms with Crippen LogP contribution in [0.1, 0.15) is 57.5 Å². The molecule has 12 nitrogen and oxygen atoms in total. The number of rotatable bonds is 12. The second-order valence-corrected chi connectivity index (χ2v) is 9.91.